The number of pyridine rings is 1. The van der Waals surface area contributed by atoms with Crippen LogP contribution in [0.5, 0.6) is 0 Å². The van der Waals surface area contributed by atoms with Gasteiger partial charge in [-0.15, -0.1) is 0 Å². The molecule has 0 unspecified atom stereocenters. The number of hydrogen-bond donors (Lipinski definition) is 2. The number of nitrogens with one attached hydrogen (secondary N) is 1. The zero-order valence-electron chi connectivity index (χ0n) is 24.0. The third-order valence-electron chi connectivity index (χ3n) is 7.26. The summed E-state index contributed by atoms with van der Waals surface area (Å²) >= 11 is 6.47. The van der Waals surface area contributed by atoms with Gasteiger partial charge in [0, 0.05) is 30.6 Å². The van der Waals surface area contributed by atoms with Gasteiger partial charge in [0.15, 0.2) is 5.82 Å². The zero-order valence-corrected chi connectivity index (χ0v) is 24.7. The third-order valence-corrected chi connectivity index (χ3v) is 7.53. The molecule has 4 heterocycles. The van der Waals surface area contributed by atoms with Gasteiger partial charge in [-0.05, 0) is 72.5 Å². The number of piperidine rings is 1. The normalized spacial score (nSPS) is 16.3. The largest absolute Gasteiger partial charge is 0.383 e. The Morgan fingerprint density at radius 2 is 1.93 bits per heavy atom. The Hall–Kier alpha value is -3.67. The molecule has 1 aliphatic rings. The first-order valence-corrected chi connectivity index (χ1v) is 13.9. The van der Waals surface area contributed by atoms with Crippen LogP contribution in [-0.2, 0) is 10.4 Å². The number of hydrogen-bond acceptors (Lipinski definition) is 8. The molecular weight excluding hydrogens is 547 g/mol. The first kappa shape index (κ1) is 28.8. The van der Waals surface area contributed by atoms with E-state index < -0.39 is 11.4 Å². The van der Waals surface area contributed by atoms with Crippen LogP contribution < -0.4 is 10.2 Å². The minimum atomic E-state index is -1.27. The van der Waals surface area contributed by atoms with E-state index in [1.165, 1.54) is 12.3 Å². The summed E-state index contributed by atoms with van der Waals surface area (Å²) in [5.74, 6) is 0.594. The maximum atomic E-state index is 15.3. The summed E-state index contributed by atoms with van der Waals surface area (Å²) < 4.78 is 17.2. The van der Waals surface area contributed by atoms with Gasteiger partial charge in [-0.2, -0.15) is 0 Å². The molecule has 0 bridgehead atoms. The van der Waals surface area contributed by atoms with E-state index in [0.29, 0.717) is 41.4 Å². The SMILES string of the molecule is CC(C)n1c(C(C)(C)O)nc2c(F)cc(-c3nc(Nc4ccc(N5CC[C@H](N(C)C)CC5=O)cn4)ncc3Cl)cc21. The molecule has 4 aromatic rings. The highest BCUT2D eigenvalue weighted by atomic mass is 35.5. The number of carbonyl (C=O) groups is 1. The molecule has 5 rings (SSSR count). The van der Waals surface area contributed by atoms with E-state index in [0.717, 1.165) is 12.1 Å². The van der Waals surface area contributed by atoms with Crippen molar-refractivity contribution in [2.75, 3.05) is 30.9 Å². The fourth-order valence-corrected chi connectivity index (χ4v) is 5.34. The van der Waals surface area contributed by atoms with E-state index in [-0.39, 0.29) is 34.5 Å². The predicted octanol–water partition coefficient (Wildman–Crippen LogP) is 5.29. The highest BCUT2D eigenvalue weighted by Crippen LogP contribution is 2.35. The van der Waals surface area contributed by atoms with Crippen LogP contribution >= 0.6 is 11.6 Å². The number of benzene rings is 1. The van der Waals surface area contributed by atoms with E-state index in [9.17, 15) is 9.90 Å². The summed E-state index contributed by atoms with van der Waals surface area (Å²) in [6, 6.07) is 6.84. The fraction of sp³-hybridized carbons (Fsp3) is 0.414. The highest BCUT2D eigenvalue weighted by molar-refractivity contribution is 6.33. The van der Waals surface area contributed by atoms with Crippen molar-refractivity contribution in [1.29, 1.82) is 0 Å². The van der Waals surface area contributed by atoms with Crippen molar-refractivity contribution in [3.63, 3.8) is 0 Å². The molecule has 1 fully saturated rings. The molecule has 3 aromatic heterocycles. The van der Waals surface area contributed by atoms with Crippen molar-refractivity contribution < 1.29 is 14.3 Å². The molecule has 0 spiro atoms. The quantitative estimate of drug-likeness (QED) is 0.303. The lowest BCUT2D eigenvalue weighted by molar-refractivity contribution is -0.120. The van der Waals surface area contributed by atoms with Gasteiger partial charge in [-0.1, -0.05) is 11.6 Å². The number of aromatic nitrogens is 5. The number of aliphatic hydroxyl groups is 1. The van der Waals surface area contributed by atoms with Crippen molar-refractivity contribution in [1.82, 2.24) is 29.4 Å². The predicted molar refractivity (Wildman–Crippen MR) is 158 cm³/mol. The van der Waals surface area contributed by atoms with Crippen LogP contribution in [0.1, 0.15) is 52.4 Å². The van der Waals surface area contributed by atoms with Crippen molar-refractivity contribution in [2.24, 2.45) is 0 Å². The average molecular weight is 581 g/mol. The van der Waals surface area contributed by atoms with Gasteiger partial charge < -0.3 is 24.8 Å². The molecule has 0 saturated carbocycles. The molecule has 10 nitrogen and oxygen atoms in total. The second-order valence-electron chi connectivity index (χ2n) is 11.4. The Kier molecular flexibility index (Phi) is 7.71. The van der Waals surface area contributed by atoms with Crippen LogP contribution in [0.2, 0.25) is 5.02 Å². The Morgan fingerprint density at radius 3 is 2.54 bits per heavy atom. The first-order chi connectivity index (χ1) is 19.3. The van der Waals surface area contributed by atoms with Crippen molar-refractivity contribution in [2.45, 2.75) is 58.2 Å². The number of halogens is 2. The Labute approximate surface area is 243 Å². The Balaban J connectivity index is 1.42. The molecule has 41 heavy (non-hydrogen) atoms. The molecule has 216 valence electrons. The van der Waals surface area contributed by atoms with E-state index in [4.69, 9.17) is 11.6 Å². The summed E-state index contributed by atoms with van der Waals surface area (Å²) in [5, 5.41) is 14.0. The average Bonchev–Trinajstić information content (AvgIpc) is 3.32. The molecule has 0 radical (unpaired) electrons. The van der Waals surface area contributed by atoms with Gasteiger partial charge in [0.05, 0.1) is 34.3 Å². The summed E-state index contributed by atoms with van der Waals surface area (Å²) in [5.41, 5.74) is 0.925. The Bertz CT molecular complexity index is 1600. The van der Waals surface area contributed by atoms with Gasteiger partial charge >= 0.3 is 0 Å². The van der Waals surface area contributed by atoms with Crippen LogP contribution in [0.25, 0.3) is 22.3 Å². The fourth-order valence-electron chi connectivity index (χ4n) is 5.14. The molecular formula is C29H34ClFN8O2. The molecule has 1 saturated heterocycles. The molecule has 1 atom stereocenters. The maximum absolute atomic E-state index is 15.3. The zero-order chi connectivity index (χ0) is 29.6. The van der Waals surface area contributed by atoms with Crippen molar-refractivity contribution >= 4 is 46.0 Å². The van der Waals surface area contributed by atoms with Crippen LogP contribution in [0.4, 0.5) is 21.8 Å². The standard InChI is InChI=1S/C29H34ClFN8O2/c1-16(2)39-22-12-17(11-21(31)26(22)35-27(39)29(3,4)41)25-20(30)15-33-28(36-25)34-23-8-7-19(14-32-23)38-10-9-18(37(5)6)13-24(38)40/h7-8,11-12,14-16,18,41H,9-10,13H2,1-6H3,(H,32,33,34,36)/t18-/m0/s1. The van der Waals surface area contributed by atoms with Gasteiger partial charge in [0.1, 0.15) is 22.8 Å². The van der Waals surface area contributed by atoms with Gasteiger partial charge in [-0.25, -0.2) is 24.3 Å². The van der Waals surface area contributed by atoms with E-state index in [1.807, 2.05) is 38.6 Å². The van der Waals surface area contributed by atoms with Crippen molar-refractivity contribution in [3.8, 4) is 11.3 Å². The number of rotatable bonds is 7. The second-order valence-corrected chi connectivity index (χ2v) is 11.8. The third kappa shape index (κ3) is 5.74. The molecule has 1 amide bonds. The lowest BCUT2D eigenvalue weighted by Crippen LogP contribution is -2.45. The second kappa shape index (κ2) is 11.0. The first-order valence-electron chi connectivity index (χ1n) is 13.5. The summed E-state index contributed by atoms with van der Waals surface area (Å²) in [7, 11) is 3.98. The maximum Gasteiger partial charge on any atom is 0.228 e. The lowest BCUT2D eigenvalue weighted by atomic mass is 10.0. The monoisotopic (exact) mass is 580 g/mol. The van der Waals surface area contributed by atoms with Crippen molar-refractivity contribution in [3.05, 3.63) is 53.3 Å². The number of fused-ring (bicyclic) bond motifs is 1. The highest BCUT2D eigenvalue weighted by Gasteiger charge is 2.29. The molecule has 0 aliphatic carbocycles. The number of nitrogens with zero attached hydrogens (tertiary/aromatic N) is 7. The number of amides is 1. The molecule has 12 heteroatoms. The van der Waals surface area contributed by atoms with Crippen LogP contribution in [0, 0.1) is 5.82 Å². The summed E-state index contributed by atoms with van der Waals surface area (Å²) in [6.45, 7) is 7.77. The number of imidazole rings is 1. The minimum Gasteiger partial charge on any atom is -0.383 e. The summed E-state index contributed by atoms with van der Waals surface area (Å²) in [4.78, 5) is 34.2. The molecule has 1 aromatic carbocycles. The van der Waals surface area contributed by atoms with E-state index in [1.54, 1.807) is 37.1 Å². The van der Waals surface area contributed by atoms with Gasteiger partial charge in [0.2, 0.25) is 11.9 Å². The topological polar surface area (TPSA) is 112 Å². The van der Waals surface area contributed by atoms with Gasteiger partial charge in [0.25, 0.3) is 0 Å². The number of carbonyl (C=O) groups excluding carboxylic acids is 1. The van der Waals surface area contributed by atoms with Gasteiger partial charge in [-0.3, -0.25) is 4.79 Å². The van der Waals surface area contributed by atoms with Crippen LogP contribution in [-0.4, -0.2) is 67.1 Å². The number of anilines is 3. The molecule has 2 N–H and O–H groups in total. The Morgan fingerprint density at radius 1 is 1.17 bits per heavy atom. The summed E-state index contributed by atoms with van der Waals surface area (Å²) in [6.07, 6.45) is 4.45. The lowest BCUT2D eigenvalue weighted by Gasteiger charge is -2.34. The van der Waals surface area contributed by atoms with Crippen LogP contribution in [0.3, 0.4) is 0 Å². The minimum absolute atomic E-state index is 0.0702. The molecule has 1 aliphatic heterocycles. The van der Waals surface area contributed by atoms with E-state index in [2.05, 4.69) is 30.2 Å². The smallest absolute Gasteiger partial charge is 0.228 e. The van der Waals surface area contributed by atoms with E-state index >= 15 is 4.39 Å². The van der Waals surface area contributed by atoms with Crippen LogP contribution in [0.15, 0.2) is 36.7 Å².